The first kappa shape index (κ1) is 18.6. The van der Waals surface area contributed by atoms with Crippen molar-refractivity contribution in [3.05, 3.63) is 102 Å². The van der Waals surface area contributed by atoms with E-state index in [9.17, 15) is 4.79 Å². The van der Waals surface area contributed by atoms with E-state index in [4.69, 9.17) is 4.74 Å². The number of carbonyl (C=O) groups is 1. The van der Waals surface area contributed by atoms with Crippen molar-refractivity contribution in [2.24, 2.45) is 0 Å². The molecule has 144 valence electrons. The van der Waals surface area contributed by atoms with Crippen LogP contribution < -0.4 is 4.74 Å². The molecule has 0 fully saturated rings. The van der Waals surface area contributed by atoms with Crippen LogP contribution in [0.4, 0.5) is 0 Å². The lowest BCUT2D eigenvalue weighted by Crippen LogP contribution is -2.11. The predicted octanol–water partition coefficient (Wildman–Crippen LogP) is 4.83. The molecule has 5 nitrogen and oxygen atoms in total. The molecular weight excluding hydrogens is 362 g/mol. The Morgan fingerprint density at radius 1 is 0.966 bits per heavy atom. The van der Waals surface area contributed by atoms with Gasteiger partial charge in [-0.3, -0.25) is 9.67 Å². The number of pyridine rings is 1. The molecule has 2 aromatic heterocycles. The number of benzene rings is 2. The minimum Gasteiger partial charge on any atom is -0.422 e. The molecule has 0 saturated heterocycles. The number of aryl methyl sites for hydroxylation is 2. The Labute approximate surface area is 169 Å². The van der Waals surface area contributed by atoms with E-state index in [-0.39, 0.29) is 0 Å². The van der Waals surface area contributed by atoms with Crippen LogP contribution in [-0.4, -0.2) is 20.7 Å². The number of ether oxygens (including phenoxy) is 1. The Morgan fingerprint density at radius 2 is 1.72 bits per heavy atom. The van der Waals surface area contributed by atoms with Crippen LogP contribution in [0.5, 0.6) is 5.75 Å². The topological polar surface area (TPSA) is 57.0 Å². The summed E-state index contributed by atoms with van der Waals surface area (Å²) in [5.41, 5.74) is 4.67. The van der Waals surface area contributed by atoms with Gasteiger partial charge in [0.2, 0.25) is 0 Å². The van der Waals surface area contributed by atoms with Crippen molar-refractivity contribution in [2.45, 2.75) is 20.4 Å². The molecule has 0 amide bonds. The first-order valence-corrected chi connectivity index (χ1v) is 9.42. The summed E-state index contributed by atoms with van der Waals surface area (Å²) >= 11 is 0. The maximum atomic E-state index is 13.1. The lowest BCUT2D eigenvalue weighted by atomic mass is 10.1. The number of aromatic nitrogens is 3. The second kappa shape index (κ2) is 8.10. The summed E-state index contributed by atoms with van der Waals surface area (Å²) in [4.78, 5) is 17.2. The van der Waals surface area contributed by atoms with Crippen molar-refractivity contribution in [3.63, 3.8) is 0 Å². The van der Waals surface area contributed by atoms with E-state index in [2.05, 4.69) is 10.1 Å². The standard InChI is InChI=1S/C24H21N3O2/c1-17-8-6-9-18(2)23(17)29-24(28)21-16-27(15-19-10-4-3-5-11-19)26-22(21)20-12-7-13-25-14-20/h3-14,16H,15H2,1-2H3. The SMILES string of the molecule is Cc1cccc(C)c1OC(=O)c1cn(Cc2ccccc2)nc1-c1cccnc1. The molecule has 0 N–H and O–H groups in total. The third-order valence-corrected chi connectivity index (χ3v) is 4.71. The number of nitrogens with zero attached hydrogens (tertiary/aromatic N) is 3. The largest absolute Gasteiger partial charge is 0.422 e. The molecule has 0 saturated carbocycles. The highest BCUT2D eigenvalue weighted by Gasteiger charge is 2.21. The van der Waals surface area contributed by atoms with Crippen LogP contribution in [0.2, 0.25) is 0 Å². The first-order valence-electron chi connectivity index (χ1n) is 9.42. The van der Waals surface area contributed by atoms with Crippen LogP contribution in [0.1, 0.15) is 27.0 Å². The molecule has 2 aromatic carbocycles. The van der Waals surface area contributed by atoms with Gasteiger partial charge in [-0.05, 0) is 42.7 Å². The van der Waals surface area contributed by atoms with Crippen molar-refractivity contribution < 1.29 is 9.53 Å². The van der Waals surface area contributed by atoms with Crippen molar-refractivity contribution >= 4 is 5.97 Å². The zero-order valence-electron chi connectivity index (χ0n) is 16.4. The molecule has 29 heavy (non-hydrogen) atoms. The Bertz CT molecular complexity index is 1120. The first-order chi connectivity index (χ1) is 14.1. The van der Waals surface area contributed by atoms with Gasteiger partial charge in [-0.25, -0.2) is 4.79 Å². The Morgan fingerprint density at radius 3 is 2.41 bits per heavy atom. The van der Waals surface area contributed by atoms with Crippen LogP contribution in [0.3, 0.4) is 0 Å². The molecule has 0 aliphatic carbocycles. The third-order valence-electron chi connectivity index (χ3n) is 4.71. The normalized spacial score (nSPS) is 10.7. The van der Waals surface area contributed by atoms with Crippen LogP contribution in [0, 0.1) is 13.8 Å². The second-order valence-electron chi connectivity index (χ2n) is 6.93. The Hall–Kier alpha value is -3.73. The minimum atomic E-state index is -0.430. The molecule has 0 unspecified atom stereocenters. The smallest absolute Gasteiger partial charge is 0.347 e. The summed E-state index contributed by atoms with van der Waals surface area (Å²) in [6.07, 6.45) is 5.13. The maximum absolute atomic E-state index is 13.1. The number of esters is 1. The maximum Gasteiger partial charge on any atom is 0.347 e. The molecule has 0 bridgehead atoms. The van der Waals surface area contributed by atoms with E-state index in [1.807, 2.05) is 74.5 Å². The van der Waals surface area contributed by atoms with Crippen LogP contribution in [0.25, 0.3) is 11.3 Å². The van der Waals surface area contributed by atoms with Crippen LogP contribution in [0.15, 0.2) is 79.3 Å². The summed E-state index contributed by atoms with van der Waals surface area (Å²) in [6, 6.07) is 19.5. The van der Waals surface area contributed by atoms with Crippen molar-refractivity contribution in [1.82, 2.24) is 14.8 Å². The van der Waals surface area contributed by atoms with Gasteiger partial charge < -0.3 is 4.74 Å². The minimum absolute atomic E-state index is 0.414. The van der Waals surface area contributed by atoms with Crippen molar-refractivity contribution in [3.8, 4) is 17.0 Å². The summed E-state index contributed by atoms with van der Waals surface area (Å²) in [6.45, 7) is 4.41. The lowest BCUT2D eigenvalue weighted by Gasteiger charge is -2.10. The summed E-state index contributed by atoms with van der Waals surface area (Å²) in [5.74, 6) is 0.158. The molecule has 2 heterocycles. The zero-order chi connectivity index (χ0) is 20.2. The predicted molar refractivity (Wildman–Crippen MR) is 112 cm³/mol. The van der Waals surface area contributed by atoms with E-state index >= 15 is 0 Å². The molecule has 4 aromatic rings. The van der Waals surface area contributed by atoms with Gasteiger partial charge in [0.1, 0.15) is 17.0 Å². The third kappa shape index (κ3) is 4.09. The van der Waals surface area contributed by atoms with Crippen molar-refractivity contribution in [1.29, 1.82) is 0 Å². The lowest BCUT2D eigenvalue weighted by molar-refractivity contribution is 0.0733. The molecule has 4 rings (SSSR count). The monoisotopic (exact) mass is 383 g/mol. The zero-order valence-corrected chi connectivity index (χ0v) is 16.4. The molecule has 0 aliphatic rings. The highest BCUT2D eigenvalue weighted by molar-refractivity contribution is 5.97. The van der Waals surface area contributed by atoms with Gasteiger partial charge in [-0.2, -0.15) is 5.10 Å². The summed E-state index contributed by atoms with van der Waals surface area (Å²) in [7, 11) is 0. The van der Waals surface area contributed by atoms with Crippen LogP contribution >= 0.6 is 0 Å². The molecule has 0 aliphatic heterocycles. The molecule has 0 spiro atoms. The van der Waals surface area contributed by atoms with Gasteiger partial charge in [0.25, 0.3) is 0 Å². The fourth-order valence-corrected chi connectivity index (χ4v) is 3.25. The van der Waals surface area contributed by atoms with Gasteiger partial charge in [-0.1, -0.05) is 48.5 Å². The number of hydrogen-bond donors (Lipinski definition) is 0. The fourth-order valence-electron chi connectivity index (χ4n) is 3.25. The molecular formula is C24H21N3O2. The van der Waals surface area contributed by atoms with E-state index < -0.39 is 5.97 Å². The van der Waals surface area contributed by atoms with Gasteiger partial charge in [0, 0.05) is 24.2 Å². The quantitative estimate of drug-likeness (QED) is 0.366. The average Bonchev–Trinajstić information content (AvgIpc) is 3.16. The van der Waals surface area contributed by atoms with E-state index in [1.54, 1.807) is 23.3 Å². The number of carbonyl (C=O) groups excluding carboxylic acids is 1. The highest BCUT2D eigenvalue weighted by atomic mass is 16.5. The fraction of sp³-hybridized carbons (Fsp3) is 0.125. The molecule has 0 atom stereocenters. The highest BCUT2D eigenvalue weighted by Crippen LogP contribution is 2.27. The number of rotatable bonds is 5. The Balaban J connectivity index is 1.71. The second-order valence-corrected chi connectivity index (χ2v) is 6.93. The molecule has 5 heteroatoms. The number of hydrogen-bond acceptors (Lipinski definition) is 4. The van der Waals surface area contributed by atoms with Gasteiger partial charge in [0.15, 0.2) is 0 Å². The van der Waals surface area contributed by atoms with E-state index in [1.165, 1.54) is 0 Å². The van der Waals surface area contributed by atoms with Crippen LogP contribution in [-0.2, 0) is 6.54 Å². The number of para-hydroxylation sites is 1. The average molecular weight is 383 g/mol. The molecule has 0 radical (unpaired) electrons. The van der Waals surface area contributed by atoms with E-state index in [0.29, 0.717) is 23.6 Å². The van der Waals surface area contributed by atoms with Crippen molar-refractivity contribution in [2.75, 3.05) is 0 Å². The van der Waals surface area contributed by atoms with Gasteiger partial charge in [0.05, 0.1) is 6.54 Å². The van der Waals surface area contributed by atoms with Gasteiger partial charge >= 0.3 is 5.97 Å². The summed E-state index contributed by atoms with van der Waals surface area (Å²) in [5, 5.41) is 4.66. The summed E-state index contributed by atoms with van der Waals surface area (Å²) < 4.78 is 7.54. The van der Waals surface area contributed by atoms with Gasteiger partial charge in [-0.15, -0.1) is 0 Å². The Kier molecular flexibility index (Phi) is 5.20. The van der Waals surface area contributed by atoms with E-state index in [0.717, 1.165) is 22.3 Å².